The van der Waals surface area contributed by atoms with Crippen LogP contribution in [0.25, 0.3) is 0 Å². The number of furan rings is 1. The van der Waals surface area contributed by atoms with Gasteiger partial charge in [-0.2, -0.15) is 0 Å². The quantitative estimate of drug-likeness (QED) is 0.314. The normalized spacial score (nSPS) is 13.0. The van der Waals surface area contributed by atoms with Gasteiger partial charge in [-0.05, 0) is 78.4 Å². The smallest absolute Gasteiger partial charge is 0.290 e. The first-order valence-corrected chi connectivity index (χ1v) is 13.5. The minimum atomic E-state index is -0.445. The largest absolute Gasteiger partial charge is 0.497 e. The number of benzene rings is 3. The number of nitrogens with one attached hydrogen (secondary N) is 1. The molecule has 0 atom stereocenters. The fourth-order valence-corrected chi connectivity index (χ4v) is 4.78. The number of rotatable bonds is 9. The molecule has 9 nitrogen and oxygen atoms in total. The molecule has 0 unspecified atom stereocenters. The highest BCUT2D eigenvalue weighted by molar-refractivity contribution is 5.98. The first-order valence-electron chi connectivity index (χ1n) is 13.5. The van der Waals surface area contributed by atoms with Crippen LogP contribution in [0.1, 0.15) is 26.5 Å². The maximum atomic E-state index is 13.4. The first-order chi connectivity index (χ1) is 20.4. The van der Waals surface area contributed by atoms with Crippen LogP contribution in [0.15, 0.2) is 95.6 Å². The molecule has 0 saturated carbocycles. The molecule has 5 rings (SSSR count). The molecule has 10 heteroatoms. The van der Waals surface area contributed by atoms with Crippen LogP contribution < -0.4 is 15.0 Å². The van der Waals surface area contributed by atoms with Gasteiger partial charge in [-0.1, -0.05) is 12.1 Å². The molecule has 1 N–H and O–H groups in total. The van der Waals surface area contributed by atoms with Crippen LogP contribution in [0.5, 0.6) is 5.75 Å². The van der Waals surface area contributed by atoms with Crippen LogP contribution in [0.2, 0.25) is 0 Å². The summed E-state index contributed by atoms with van der Waals surface area (Å²) in [7, 11) is 1.59. The molecule has 3 aromatic carbocycles. The zero-order valence-electron chi connectivity index (χ0n) is 23.2. The van der Waals surface area contributed by atoms with E-state index in [9.17, 15) is 18.8 Å². The second kappa shape index (κ2) is 13.0. The minimum absolute atomic E-state index is 0.00522. The van der Waals surface area contributed by atoms with Crippen molar-refractivity contribution in [1.82, 2.24) is 9.80 Å². The number of methoxy groups -OCH3 is 1. The number of hydrogen-bond acceptors (Lipinski definition) is 6. The molecule has 4 aromatic rings. The molecule has 0 aliphatic carbocycles. The summed E-state index contributed by atoms with van der Waals surface area (Å²) in [5.41, 5.74) is 2.88. The molecule has 1 fully saturated rings. The Labute approximate surface area is 243 Å². The highest BCUT2D eigenvalue weighted by atomic mass is 19.1. The average Bonchev–Trinajstić information content (AvgIpc) is 3.57. The number of carbonyl (C=O) groups excluding carboxylic acids is 3. The molecule has 0 radical (unpaired) electrons. The van der Waals surface area contributed by atoms with Crippen molar-refractivity contribution in [3.05, 3.63) is 114 Å². The van der Waals surface area contributed by atoms with E-state index in [1.807, 2.05) is 17.0 Å². The second-order valence-electron chi connectivity index (χ2n) is 9.87. The van der Waals surface area contributed by atoms with Gasteiger partial charge in [0.05, 0.1) is 13.4 Å². The maximum Gasteiger partial charge on any atom is 0.290 e. The van der Waals surface area contributed by atoms with E-state index in [2.05, 4.69) is 10.2 Å². The van der Waals surface area contributed by atoms with Crippen molar-refractivity contribution in [3.8, 4) is 5.75 Å². The number of hydrogen-bond donors (Lipinski definition) is 1. The van der Waals surface area contributed by atoms with Crippen molar-refractivity contribution in [2.45, 2.75) is 6.54 Å². The van der Waals surface area contributed by atoms with Crippen LogP contribution in [-0.4, -0.2) is 67.4 Å². The summed E-state index contributed by atoms with van der Waals surface area (Å²) in [5, 5.41) is 2.84. The summed E-state index contributed by atoms with van der Waals surface area (Å²) in [6, 6.07) is 23.5. The van der Waals surface area contributed by atoms with Crippen LogP contribution in [-0.2, 0) is 11.3 Å². The van der Waals surface area contributed by atoms with Crippen molar-refractivity contribution in [2.24, 2.45) is 0 Å². The summed E-state index contributed by atoms with van der Waals surface area (Å²) >= 11 is 0. The third-order valence-corrected chi connectivity index (χ3v) is 7.06. The van der Waals surface area contributed by atoms with Crippen molar-refractivity contribution in [3.63, 3.8) is 0 Å². The molecule has 2 heterocycles. The third-order valence-electron chi connectivity index (χ3n) is 7.06. The topological polar surface area (TPSA) is 95.3 Å². The summed E-state index contributed by atoms with van der Waals surface area (Å²) in [6.07, 6.45) is 1.39. The molecule has 1 aromatic heterocycles. The molecule has 0 bridgehead atoms. The van der Waals surface area contributed by atoms with Gasteiger partial charge < -0.3 is 29.2 Å². The van der Waals surface area contributed by atoms with Crippen molar-refractivity contribution in [2.75, 3.05) is 50.1 Å². The van der Waals surface area contributed by atoms with Crippen LogP contribution in [0.3, 0.4) is 0 Å². The van der Waals surface area contributed by atoms with Gasteiger partial charge in [0, 0.05) is 49.7 Å². The van der Waals surface area contributed by atoms with Gasteiger partial charge in [0.15, 0.2) is 5.76 Å². The number of nitrogens with zero attached hydrogens (tertiary/aromatic N) is 3. The highest BCUT2D eigenvalue weighted by Crippen LogP contribution is 2.21. The lowest BCUT2D eigenvalue weighted by molar-refractivity contribution is -0.117. The standard InChI is InChI=1S/C32H31FN4O5/c1-41-28-14-6-24(7-15-28)31(39)36-18-16-35(17-19-36)27-12-10-26(11-13-27)34-30(38)22-37(32(40)29-3-2-20-42-29)21-23-4-8-25(33)9-5-23/h2-15,20H,16-19,21-22H2,1H3,(H,34,38). The molecule has 216 valence electrons. The lowest BCUT2D eigenvalue weighted by atomic mass is 10.1. The minimum Gasteiger partial charge on any atom is -0.497 e. The Morgan fingerprint density at radius 2 is 1.60 bits per heavy atom. The third kappa shape index (κ3) is 6.95. The van der Waals surface area contributed by atoms with Crippen LogP contribution >= 0.6 is 0 Å². The Bertz CT molecular complexity index is 1500. The molecule has 1 aliphatic heterocycles. The fourth-order valence-electron chi connectivity index (χ4n) is 4.78. The number of ether oxygens (including phenoxy) is 1. The zero-order chi connectivity index (χ0) is 29.5. The summed E-state index contributed by atoms with van der Waals surface area (Å²) < 4.78 is 23.8. The highest BCUT2D eigenvalue weighted by Gasteiger charge is 2.24. The SMILES string of the molecule is COc1ccc(C(=O)N2CCN(c3ccc(NC(=O)CN(Cc4ccc(F)cc4)C(=O)c4ccco4)cc3)CC2)cc1. The van der Waals surface area contributed by atoms with Crippen molar-refractivity contribution >= 4 is 29.1 Å². The van der Waals surface area contributed by atoms with E-state index in [0.717, 1.165) is 5.69 Å². The fraction of sp³-hybridized carbons (Fsp3) is 0.219. The first kappa shape index (κ1) is 28.4. The van der Waals surface area contributed by atoms with Gasteiger partial charge >= 0.3 is 0 Å². The van der Waals surface area contributed by atoms with Crippen molar-refractivity contribution in [1.29, 1.82) is 0 Å². The van der Waals surface area contributed by atoms with E-state index in [4.69, 9.17) is 9.15 Å². The molecule has 1 aliphatic rings. The summed E-state index contributed by atoms with van der Waals surface area (Å²) in [4.78, 5) is 44.2. The van der Waals surface area contributed by atoms with E-state index in [-0.39, 0.29) is 36.5 Å². The second-order valence-corrected chi connectivity index (χ2v) is 9.87. The predicted molar refractivity (Wildman–Crippen MR) is 156 cm³/mol. The van der Waals surface area contributed by atoms with E-state index < -0.39 is 5.91 Å². The maximum absolute atomic E-state index is 13.4. The Morgan fingerprint density at radius 3 is 2.21 bits per heavy atom. The molecule has 0 spiro atoms. The Balaban J connectivity index is 1.16. The Kier molecular flexibility index (Phi) is 8.81. The van der Waals surface area contributed by atoms with Gasteiger partial charge in [0.2, 0.25) is 5.91 Å². The average molecular weight is 571 g/mol. The lowest BCUT2D eigenvalue weighted by Crippen LogP contribution is -2.48. The number of halogens is 1. The van der Waals surface area contributed by atoms with E-state index >= 15 is 0 Å². The monoisotopic (exact) mass is 570 g/mol. The van der Waals surface area contributed by atoms with Gasteiger partial charge in [0.25, 0.3) is 11.8 Å². The molecule has 42 heavy (non-hydrogen) atoms. The zero-order valence-corrected chi connectivity index (χ0v) is 23.2. The van der Waals surface area contributed by atoms with Crippen LogP contribution in [0, 0.1) is 5.82 Å². The van der Waals surface area contributed by atoms with E-state index in [0.29, 0.717) is 48.7 Å². The molecule has 3 amide bonds. The Hall–Kier alpha value is -5.12. The summed E-state index contributed by atoms with van der Waals surface area (Å²) in [6.45, 7) is 2.44. The molecular weight excluding hydrogens is 539 g/mol. The number of carbonyl (C=O) groups is 3. The number of anilines is 2. The molecule has 1 saturated heterocycles. The predicted octanol–water partition coefficient (Wildman–Crippen LogP) is 4.67. The van der Waals surface area contributed by atoms with Gasteiger partial charge in [-0.15, -0.1) is 0 Å². The van der Waals surface area contributed by atoms with E-state index in [1.54, 1.807) is 61.7 Å². The van der Waals surface area contributed by atoms with Gasteiger partial charge in [-0.3, -0.25) is 14.4 Å². The van der Waals surface area contributed by atoms with Crippen LogP contribution in [0.4, 0.5) is 15.8 Å². The van der Waals surface area contributed by atoms with E-state index in [1.165, 1.54) is 29.4 Å². The number of piperazine rings is 1. The van der Waals surface area contributed by atoms with Gasteiger partial charge in [0.1, 0.15) is 18.1 Å². The van der Waals surface area contributed by atoms with Crippen molar-refractivity contribution < 1.29 is 27.9 Å². The lowest BCUT2D eigenvalue weighted by Gasteiger charge is -2.36. The number of amides is 3. The molecular formula is C32H31FN4O5. The Morgan fingerprint density at radius 1 is 0.905 bits per heavy atom. The van der Waals surface area contributed by atoms with Gasteiger partial charge in [-0.25, -0.2) is 4.39 Å². The summed E-state index contributed by atoms with van der Waals surface area (Å²) in [5.74, 6) is -0.391.